The Labute approximate surface area is 167 Å². The van der Waals surface area contributed by atoms with E-state index in [2.05, 4.69) is 11.4 Å². The molecule has 0 unspecified atom stereocenters. The van der Waals surface area contributed by atoms with Crippen LogP contribution < -0.4 is 5.32 Å². The Hall–Kier alpha value is -4.17. The first kappa shape index (κ1) is 18.2. The standard InChI is InChI=1S/C24H17N3O2/c25-14-20-23(18-12-10-17(11-13-18)16-6-2-1-3-7-16)27-21-9-5-4-8-19(21)24(20)26-15-22(28)29/h1-13H,15H2,(H,26,27)(H,28,29). The van der Waals surface area contributed by atoms with Crippen molar-refractivity contribution in [1.29, 1.82) is 5.26 Å². The van der Waals surface area contributed by atoms with Crippen molar-refractivity contribution in [2.24, 2.45) is 0 Å². The highest BCUT2D eigenvalue weighted by Crippen LogP contribution is 2.34. The Balaban J connectivity index is 1.85. The van der Waals surface area contributed by atoms with Crippen LogP contribution in [0.3, 0.4) is 0 Å². The number of nitrogens with zero attached hydrogens (tertiary/aromatic N) is 2. The fourth-order valence-corrected chi connectivity index (χ4v) is 3.33. The highest BCUT2D eigenvalue weighted by Gasteiger charge is 2.17. The third-order valence-corrected chi connectivity index (χ3v) is 4.69. The van der Waals surface area contributed by atoms with Gasteiger partial charge in [0, 0.05) is 10.9 Å². The van der Waals surface area contributed by atoms with Gasteiger partial charge in [-0.3, -0.25) is 4.79 Å². The van der Waals surface area contributed by atoms with Crippen molar-refractivity contribution >= 4 is 22.6 Å². The van der Waals surface area contributed by atoms with Gasteiger partial charge in [-0.05, 0) is 17.2 Å². The lowest BCUT2D eigenvalue weighted by Gasteiger charge is -2.14. The topological polar surface area (TPSA) is 86.0 Å². The highest BCUT2D eigenvalue weighted by molar-refractivity contribution is 5.98. The van der Waals surface area contributed by atoms with E-state index in [0.29, 0.717) is 22.5 Å². The number of anilines is 1. The lowest BCUT2D eigenvalue weighted by atomic mass is 9.98. The molecule has 29 heavy (non-hydrogen) atoms. The van der Waals surface area contributed by atoms with Gasteiger partial charge in [-0.25, -0.2) is 4.98 Å². The van der Waals surface area contributed by atoms with Crippen molar-refractivity contribution in [3.8, 4) is 28.5 Å². The molecule has 0 saturated heterocycles. The smallest absolute Gasteiger partial charge is 0.322 e. The number of hydrogen-bond acceptors (Lipinski definition) is 4. The second kappa shape index (κ2) is 7.83. The molecule has 2 N–H and O–H groups in total. The van der Waals surface area contributed by atoms with E-state index >= 15 is 0 Å². The number of aromatic nitrogens is 1. The van der Waals surface area contributed by atoms with Gasteiger partial charge in [0.25, 0.3) is 0 Å². The van der Waals surface area contributed by atoms with Gasteiger partial charge in [0.05, 0.1) is 16.9 Å². The third kappa shape index (κ3) is 3.64. The first-order chi connectivity index (χ1) is 14.2. The summed E-state index contributed by atoms with van der Waals surface area (Å²) < 4.78 is 0. The van der Waals surface area contributed by atoms with Gasteiger partial charge in [0.2, 0.25) is 0 Å². The third-order valence-electron chi connectivity index (χ3n) is 4.69. The van der Waals surface area contributed by atoms with Crippen LogP contribution in [0.25, 0.3) is 33.3 Å². The van der Waals surface area contributed by atoms with Gasteiger partial charge in [0.15, 0.2) is 0 Å². The molecule has 0 radical (unpaired) electrons. The van der Waals surface area contributed by atoms with E-state index in [-0.39, 0.29) is 6.54 Å². The predicted molar refractivity (Wildman–Crippen MR) is 113 cm³/mol. The average molecular weight is 379 g/mol. The van der Waals surface area contributed by atoms with Gasteiger partial charge >= 0.3 is 5.97 Å². The molecule has 0 aliphatic carbocycles. The van der Waals surface area contributed by atoms with Crippen LogP contribution in [0.1, 0.15) is 5.56 Å². The van der Waals surface area contributed by atoms with Crippen LogP contribution in [0, 0.1) is 11.3 Å². The van der Waals surface area contributed by atoms with Crippen molar-refractivity contribution in [2.75, 3.05) is 11.9 Å². The summed E-state index contributed by atoms with van der Waals surface area (Å²) >= 11 is 0. The number of para-hydroxylation sites is 1. The molecule has 0 spiro atoms. The van der Waals surface area contributed by atoms with Crippen LogP contribution in [-0.4, -0.2) is 22.6 Å². The molecule has 5 heteroatoms. The molecule has 0 amide bonds. The van der Waals surface area contributed by atoms with E-state index in [1.165, 1.54) is 0 Å². The number of pyridine rings is 1. The molecule has 0 saturated carbocycles. The van der Waals surface area contributed by atoms with Gasteiger partial charge in [-0.2, -0.15) is 5.26 Å². The van der Waals surface area contributed by atoms with Crippen molar-refractivity contribution in [2.45, 2.75) is 0 Å². The molecule has 5 nitrogen and oxygen atoms in total. The number of carbonyl (C=O) groups is 1. The maximum Gasteiger partial charge on any atom is 0.322 e. The second-order valence-electron chi connectivity index (χ2n) is 6.53. The molecule has 0 fully saturated rings. The van der Waals surface area contributed by atoms with Gasteiger partial charge in [-0.15, -0.1) is 0 Å². The average Bonchev–Trinajstić information content (AvgIpc) is 2.77. The maximum atomic E-state index is 11.1. The number of carboxylic acid groups (broad SMARTS) is 1. The number of benzene rings is 3. The van der Waals surface area contributed by atoms with Crippen molar-refractivity contribution in [3.05, 3.63) is 84.4 Å². The van der Waals surface area contributed by atoms with E-state index < -0.39 is 5.97 Å². The summed E-state index contributed by atoms with van der Waals surface area (Å²) in [6, 6.07) is 27.5. The first-order valence-corrected chi connectivity index (χ1v) is 9.12. The Morgan fingerprint density at radius 1 is 0.897 bits per heavy atom. The summed E-state index contributed by atoms with van der Waals surface area (Å²) in [5, 5.41) is 22.5. The van der Waals surface area contributed by atoms with E-state index in [4.69, 9.17) is 10.1 Å². The van der Waals surface area contributed by atoms with Crippen molar-refractivity contribution in [1.82, 2.24) is 4.98 Å². The lowest BCUT2D eigenvalue weighted by Crippen LogP contribution is -2.14. The van der Waals surface area contributed by atoms with E-state index in [1.807, 2.05) is 78.9 Å². The van der Waals surface area contributed by atoms with Crippen molar-refractivity contribution in [3.63, 3.8) is 0 Å². The molecular weight excluding hydrogens is 362 g/mol. The SMILES string of the molecule is N#Cc1c(-c2ccc(-c3ccccc3)cc2)nc2ccccc2c1NCC(=O)O. The van der Waals surface area contributed by atoms with Crippen LogP contribution in [0.2, 0.25) is 0 Å². The molecule has 0 aliphatic rings. The normalized spacial score (nSPS) is 10.4. The summed E-state index contributed by atoms with van der Waals surface area (Å²) in [7, 11) is 0. The second-order valence-corrected chi connectivity index (χ2v) is 6.53. The monoisotopic (exact) mass is 379 g/mol. The number of carboxylic acids is 1. The predicted octanol–water partition coefficient (Wildman–Crippen LogP) is 4.94. The Morgan fingerprint density at radius 2 is 1.52 bits per heavy atom. The van der Waals surface area contributed by atoms with Gasteiger partial charge in [-0.1, -0.05) is 72.8 Å². The molecule has 0 bridgehead atoms. The summed E-state index contributed by atoms with van der Waals surface area (Å²) in [5.74, 6) is -0.997. The summed E-state index contributed by atoms with van der Waals surface area (Å²) in [5.41, 5.74) is 5.01. The number of nitriles is 1. The van der Waals surface area contributed by atoms with Crippen LogP contribution in [-0.2, 0) is 4.79 Å². The largest absolute Gasteiger partial charge is 0.480 e. The van der Waals surface area contributed by atoms with Gasteiger partial charge < -0.3 is 10.4 Å². The molecule has 0 aliphatic heterocycles. The number of nitrogens with one attached hydrogen (secondary N) is 1. The maximum absolute atomic E-state index is 11.1. The molecule has 0 atom stereocenters. The van der Waals surface area contributed by atoms with Crippen LogP contribution >= 0.6 is 0 Å². The molecule has 3 aromatic carbocycles. The van der Waals surface area contributed by atoms with E-state index in [1.54, 1.807) is 0 Å². The molecule has 4 aromatic rings. The molecule has 1 aromatic heterocycles. The Morgan fingerprint density at radius 3 is 2.21 bits per heavy atom. The Bertz CT molecular complexity index is 1230. The number of hydrogen-bond donors (Lipinski definition) is 2. The molecule has 1 heterocycles. The van der Waals surface area contributed by atoms with Gasteiger partial charge in [0.1, 0.15) is 18.2 Å². The van der Waals surface area contributed by atoms with Crippen molar-refractivity contribution < 1.29 is 9.90 Å². The summed E-state index contributed by atoms with van der Waals surface area (Å²) in [4.78, 5) is 15.8. The minimum Gasteiger partial charge on any atom is -0.480 e. The number of rotatable bonds is 5. The number of fused-ring (bicyclic) bond motifs is 1. The Kier molecular flexibility index (Phi) is 4.91. The molecular formula is C24H17N3O2. The molecule has 4 rings (SSSR count). The zero-order valence-electron chi connectivity index (χ0n) is 15.5. The fraction of sp³-hybridized carbons (Fsp3) is 0.0417. The van der Waals surface area contributed by atoms with Crippen LogP contribution in [0.15, 0.2) is 78.9 Å². The van der Waals surface area contributed by atoms with E-state index in [9.17, 15) is 10.1 Å². The van der Waals surface area contributed by atoms with Crippen LogP contribution in [0.4, 0.5) is 5.69 Å². The quantitative estimate of drug-likeness (QED) is 0.513. The summed E-state index contributed by atoms with van der Waals surface area (Å²) in [6.45, 7) is -0.283. The minimum absolute atomic E-state index is 0.283. The summed E-state index contributed by atoms with van der Waals surface area (Å²) in [6.07, 6.45) is 0. The zero-order chi connectivity index (χ0) is 20.2. The zero-order valence-corrected chi connectivity index (χ0v) is 15.5. The first-order valence-electron chi connectivity index (χ1n) is 9.12. The highest BCUT2D eigenvalue weighted by atomic mass is 16.4. The van der Waals surface area contributed by atoms with E-state index in [0.717, 1.165) is 22.1 Å². The number of aliphatic carboxylic acids is 1. The lowest BCUT2D eigenvalue weighted by molar-refractivity contribution is -0.134. The molecule has 140 valence electrons. The minimum atomic E-state index is -0.997. The van der Waals surface area contributed by atoms with Crippen LogP contribution in [0.5, 0.6) is 0 Å². The fourth-order valence-electron chi connectivity index (χ4n) is 3.33.